The van der Waals surface area contributed by atoms with E-state index >= 15 is 0 Å². The molecule has 0 bridgehead atoms. The van der Waals surface area contributed by atoms with Crippen LogP contribution in [0.5, 0.6) is 6.01 Å². The van der Waals surface area contributed by atoms with Crippen molar-refractivity contribution in [2.45, 2.75) is 19.3 Å². The molecule has 0 amide bonds. The Morgan fingerprint density at radius 2 is 2.00 bits per heavy atom. The van der Waals surface area contributed by atoms with Crippen molar-refractivity contribution in [3.63, 3.8) is 0 Å². The van der Waals surface area contributed by atoms with Gasteiger partial charge < -0.3 is 14.4 Å². The molecule has 3 N–H and O–H groups in total. The molecule has 0 spiro atoms. The molecule has 2 rings (SSSR count). The number of nitrogens with zero attached hydrogens (tertiary/aromatic N) is 4. The van der Waals surface area contributed by atoms with E-state index in [1.54, 1.807) is 7.11 Å². The minimum atomic E-state index is 0.293. The van der Waals surface area contributed by atoms with Crippen molar-refractivity contribution in [1.29, 1.82) is 0 Å². The molecule has 0 aliphatic carbocycles. The Balaban J connectivity index is 2.02. The van der Waals surface area contributed by atoms with Gasteiger partial charge in [-0.2, -0.15) is 15.0 Å². The number of nitrogen functional groups attached to an aromatic ring is 1. The van der Waals surface area contributed by atoms with E-state index in [0.717, 1.165) is 32.4 Å². The second-order valence-corrected chi connectivity index (χ2v) is 4.27. The number of hydrazine groups is 1. The molecule has 19 heavy (non-hydrogen) atoms. The van der Waals surface area contributed by atoms with Crippen molar-refractivity contribution in [2.75, 3.05) is 43.7 Å². The minimum Gasteiger partial charge on any atom is -0.463 e. The molecule has 1 aromatic rings. The number of hydrogen-bond donors (Lipinski definition) is 2. The fourth-order valence-electron chi connectivity index (χ4n) is 1.90. The molecule has 0 aromatic carbocycles. The molecule has 1 fully saturated rings. The van der Waals surface area contributed by atoms with Crippen LogP contribution in [0.4, 0.5) is 11.9 Å². The van der Waals surface area contributed by atoms with Crippen LogP contribution >= 0.6 is 0 Å². The van der Waals surface area contributed by atoms with Crippen molar-refractivity contribution < 1.29 is 9.47 Å². The van der Waals surface area contributed by atoms with E-state index in [1.165, 1.54) is 0 Å². The Kier molecular flexibility index (Phi) is 5.10. The zero-order valence-electron chi connectivity index (χ0n) is 11.1. The largest absolute Gasteiger partial charge is 0.463 e. The maximum absolute atomic E-state index is 5.49. The van der Waals surface area contributed by atoms with E-state index in [9.17, 15) is 0 Å². The molecule has 1 aliphatic heterocycles. The van der Waals surface area contributed by atoms with Gasteiger partial charge in [0.15, 0.2) is 0 Å². The molecule has 106 valence electrons. The highest BCUT2D eigenvalue weighted by atomic mass is 16.5. The second-order valence-electron chi connectivity index (χ2n) is 4.27. The molecule has 1 aromatic heterocycles. The summed E-state index contributed by atoms with van der Waals surface area (Å²) in [6.07, 6.45) is 3.09. The first-order chi connectivity index (χ1) is 9.33. The predicted octanol–water partition coefficient (Wildman–Crippen LogP) is 0.173. The summed E-state index contributed by atoms with van der Waals surface area (Å²) < 4.78 is 10.4. The molecular formula is C11H20N6O2. The number of anilines is 2. The molecular weight excluding hydrogens is 248 g/mol. The minimum absolute atomic E-state index is 0.293. The summed E-state index contributed by atoms with van der Waals surface area (Å²) >= 11 is 0. The van der Waals surface area contributed by atoms with Gasteiger partial charge in [0.25, 0.3) is 0 Å². The Bertz CT molecular complexity index is 397. The Labute approximate surface area is 112 Å². The van der Waals surface area contributed by atoms with E-state index in [4.69, 9.17) is 15.3 Å². The van der Waals surface area contributed by atoms with Gasteiger partial charge in [-0.1, -0.05) is 0 Å². The van der Waals surface area contributed by atoms with E-state index in [1.807, 2.05) is 0 Å². The zero-order valence-corrected chi connectivity index (χ0v) is 11.1. The summed E-state index contributed by atoms with van der Waals surface area (Å²) in [4.78, 5) is 14.7. The van der Waals surface area contributed by atoms with Gasteiger partial charge in [0.05, 0.1) is 6.61 Å². The van der Waals surface area contributed by atoms with Crippen LogP contribution in [0.2, 0.25) is 0 Å². The molecule has 0 atom stereocenters. The van der Waals surface area contributed by atoms with Crippen molar-refractivity contribution in [3.8, 4) is 6.01 Å². The van der Waals surface area contributed by atoms with Gasteiger partial charge in [0.2, 0.25) is 11.9 Å². The topological polar surface area (TPSA) is 98.4 Å². The summed E-state index contributed by atoms with van der Waals surface area (Å²) in [7, 11) is 1.66. The van der Waals surface area contributed by atoms with Crippen LogP contribution in [0, 0.1) is 0 Å². The fraction of sp³-hybridized carbons (Fsp3) is 0.727. The average Bonchev–Trinajstić information content (AvgIpc) is 2.97. The van der Waals surface area contributed by atoms with Crippen molar-refractivity contribution >= 4 is 11.9 Å². The molecule has 0 unspecified atom stereocenters. The monoisotopic (exact) mass is 268 g/mol. The number of aromatic nitrogens is 3. The zero-order chi connectivity index (χ0) is 13.5. The molecule has 1 saturated heterocycles. The lowest BCUT2D eigenvalue weighted by Gasteiger charge is -2.16. The number of methoxy groups -OCH3 is 1. The summed E-state index contributed by atoms with van der Waals surface area (Å²) in [5, 5.41) is 0. The number of hydrogen-bond acceptors (Lipinski definition) is 8. The van der Waals surface area contributed by atoms with Crippen LogP contribution < -0.4 is 20.9 Å². The third kappa shape index (κ3) is 3.90. The Morgan fingerprint density at radius 3 is 2.68 bits per heavy atom. The summed E-state index contributed by atoms with van der Waals surface area (Å²) in [6.45, 7) is 3.06. The number of nitrogens with two attached hydrogens (primary N) is 1. The smallest absolute Gasteiger partial charge is 0.323 e. The van der Waals surface area contributed by atoms with Gasteiger partial charge in [0, 0.05) is 33.2 Å². The molecule has 0 radical (unpaired) electrons. The summed E-state index contributed by atoms with van der Waals surface area (Å²) in [5.41, 5.74) is 2.44. The third-order valence-corrected chi connectivity index (χ3v) is 2.85. The summed E-state index contributed by atoms with van der Waals surface area (Å²) in [5.74, 6) is 6.30. The normalized spacial score (nSPS) is 14.7. The third-order valence-electron chi connectivity index (χ3n) is 2.85. The first-order valence-corrected chi connectivity index (χ1v) is 6.43. The molecule has 0 saturated carbocycles. The van der Waals surface area contributed by atoms with Gasteiger partial charge in [-0.25, -0.2) is 5.84 Å². The maximum atomic E-state index is 5.49. The lowest BCUT2D eigenvalue weighted by atomic mass is 10.4. The van der Waals surface area contributed by atoms with E-state index in [0.29, 0.717) is 31.1 Å². The van der Waals surface area contributed by atoms with Crippen LogP contribution in [0.1, 0.15) is 19.3 Å². The van der Waals surface area contributed by atoms with Crippen LogP contribution in [-0.2, 0) is 4.74 Å². The van der Waals surface area contributed by atoms with Crippen molar-refractivity contribution in [2.24, 2.45) is 5.84 Å². The van der Waals surface area contributed by atoms with Crippen LogP contribution in [0.3, 0.4) is 0 Å². The Morgan fingerprint density at radius 1 is 1.21 bits per heavy atom. The average molecular weight is 268 g/mol. The second kappa shape index (κ2) is 7.05. The number of ether oxygens (including phenoxy) is 2. The van der Waals surface area contributed by atoms with E-state index in [2.05, 4.69) is 25.3 Å². The highest BCUT2D eigenvalue weighted by molar-refractivity contribution is 5.38. The SMILES string of the molecule is COCCCOc1nc(NN)nc(N2CCCC2)n1. The van der Waals surface area contributed by atoms with Gasteiger partial charge in [-0.05, 0) is 12.8 Å². The molecule has 8 heteroatoms. The van der Waals surface area contributed by atoms with Crippen LogP contribution in [0.25, 0.3) is 0 Å². The molecule has 8 nitrogen and oxygen atoms in total. The number of nitrogens with one attached hydrogen (secondary N) is 1. The van der Waals surface area contributed by atoms with Gasteiger partial charge in [-0.15, -0.1) is 0 Å². The summed E-state index contributed by atoms with van der Waals surface area (Å²) in [6, 6.07) is 0.293. The lowest BCUT2D eigenvalue weighted by Crippen LogP contribution is -2.23. The van der Waals surface area contributed by atoms with Gasteiger partial charge in [0.1, 0.15) is 0 Å². The first-order valence-electron chi connectivity index (χ1n) is 6.43. The van der Waals surface area contributed by atoms with Crippen molar-refractivity contribution in [1.82, 2.24) is 15.0 Å². The van der Waals surface area contributed by atoms with Gasteiger partial charge in [-0.3, -0.25) is 5.43 Å². The molecule has 1 aliphatic rings. The van der Waals surface area contributed by atoms with E-state index in [-0.39, 0.29) is 0 Å². The lowest BCUT2D eigenvalue weighted by molar-refractivity contribution is 0.168. The standard InChI is InChI=1S/C11H20N6O2/c1-18-7-4-8-19-11-14-9(16-12)13-10(15-11)17-5-2-3-6-17/h2-8,12H2,1H3,(H,13,14,15,16). The highest BCUT2D eigenvalue weighted by Gasteiger charge is 2.17. The van der Waals surface area contributed by atoms with Crippen LogP contribution in [-0.4, -0.2) is 48.4 Å². The maximum Gasteiger partial charge on any atom is 0.323 e. The van der Waals surface area contributed by atoms with Crippen LogP contribution in [0.15, 0.2) is 0 Å². The van der Waals surface area contributed by atoms with E-state index < -0.39 is 0 Å². The molecule has 2 heterocycles. The highest BCUT2D eigenvalue weighted by Crippen LogP contribution is 2.19. The predicted molar refractivity (Wildman–Crippen MR) is 71.1 cm³/mol. The first kappa shape index (κ1) is 13.8. The fourth-order valence-corrected chi connectivity index (χ4v) is 1.90. The quantitative estimate of drug-likeness (QED) is 0.410. The van der Waals surface area contributed by atoms with Gasteiger partial charge >= 0.3 is 6.01 Å². The number of rotatable bonds is 7. The Hall–Kier alpha value is -1.67. The van der Waals surface area contributed by atoms with Crippen molar-refractivity contribution in [3.05, 3.63) is 0 Å².